The first-order valence-corrected chi connectivity index (χ1v) is 6.82. The smallest absolute Gasteiger partial charge is 0.0494 e. The molecule has 2 N–H and O–H groups in total. The van der Waals surface area contributed by atoms with Gasteiger partial charge in [-0.15, -0.1) is 0 Å². The van der Waals surface area contributed by atoms with E-state index in [-0.39, 0.29) is 18.1 Å². The van der Waals surface area contributed by atoms with Gasteiger partial charge in [0, 0.05) is 34.1 Å². The zero-order chi connectivity index (χ0) is 13.1. The first-order chi connectivity index (χ1) is 7.85. The van der Waals surface area contributed by atoms with E-state index >= 15 is 0 Å². The van der Waals surface area contributed by atoms with Gasteiger partial charge >= 0.3 is 0 Å². The molecule has 0 amide bonds. The van der Waals surface area contributed by atoms with Gasteiger partial charge in [0.2, 0.25) is 0 Å². The minimum absolute atomic E-state index is 0.115. The number of rotatable bonds is 5. The van der Waals surface area contributed by atoms with E-state index in [2.05, 4.69) is 28.2 Å². The van der Waals surface area contributed by atoms with Crippen LogP contribution < -0.4 is 5.32 Å². The second kappa shape index (κ2) is 6.19. The molecule has 0 saturated heterocycles. The first-order valence-electron chi connectivity index (χ1n) is 5.65. The molecule has 1 unspecified atom stereocenters. The van der Waals surface area contributed by atoms with Crippen molar-refractivity contribution in [2.24, 2.45) is 5.41 Å². The molecular formula is C13H19BrClNO. The number of hydrogen-bond donors (Lipinski definition) is 2. The lowest BCUT2D eigenvalue weighted by molar-refractivity contribution is 0.154. The number of aliphatic hydroxyl groups is 1. The Morgan fingerprint density at radius 2 is 2.12 bits per heavy atom. The molecule has 1 rings (SSSR count). The minimum Gasteiger partial charge on any atom is -0.396 e. The minimum atomic E-state index is -0.115. The number of halogens is 2. The van der Waals surface area contributed by atoms with Gasteiger partial charge in [-0.2, -0.15) is 0 Å². The van der Waals surface area contributed by atoms with Crippen molar-refractivity contribution in [1.29, 1.82) is 0 Å². The van der Waals surface area contributed by atoms with Gasteiger partial charge in [0.15, 0.2) is 0 Å². The summed E-state index contributed by atoms with van der Waals surface area (Å²) in [6, 6.07) is 6.06. The summed E-state index contributed by atoms with van der Waals surface area (Å²) in [5.74, 6) is 0. The Labute approximate surface area is 117 Å². The zero-order valence-corrected chi connectivity index (χ0v) is 12.8. The molecule has 96 valence electrons. The summed E-state index contributed by atoms with van der Waals surface area (Å²) >= 11 is 9.58. The largest absolute Gasteiger partial charge is 0.396 e. The Morgan fingerprint density at radius 3 is 2.65 bits per heavy atom. The van der Waals surface area contributed by atoms with Crippen LogP contribution in [0.2, 0.25) is 5.02 Å². The SMILES string of the molecule is CC(NCC(C)(C)CO)c1ccc(Br)cc1Cl. The van der Waals surface area contributed by atoms with Gasteiger partial charge in [-0.1, -0.05) is 47.4 Å². The van der Waals surface area contributed by atoms with Crippen molar-refractivity contribution in [3.05, 3.63) is 33.3 Å². The lowest BCUT2D eigenvalue weighted by Crippen LogP contribution is -2.33. The molecule has 0 aliphatic rings. The van der Waals surface area contributed by atoms with Crippen LogP contribution in [0.25, 0.3) is 0 Å². The molecule has 2 nitrogen and oxygen atoms in total. The number of nitrogens with one attached hydrogen (secondary N) is 1. The molecule has 0 spiro atoms. The van der Waals surface area contributed by atoms with Crippen molar-refractivity contribution in [2.75, 3.05) is 13.2 Å². The van der Waals surface area contributed by atoms with Crippen LogP contribution in [0, 0.1) is 5.41 Å². The second-order valence-electron chi connectivity index (χ2n) is 5.09. The second-order valence-corrected chi connectivity index (χ2v) is 6.41. The van der Waals surface area contributed by atoms with E-state index in [0.717, 1.165) is 21.6 Å². The molecule has 0 radical (unpaired) electrons. The van der Waals surface area contributed by atoms with E-state index in [1.165, 1.54) is 0 Å². The maximum Gasteiger partial charge on any atom is 0.0494 e. The highest BCUT2D eigenvalue weighted by molar-refractivity contribution is 9.10. The van der Waals surface area contributed by atoms with E-state index in [9.17, 15) is 5.11 Å². The molecule has 0 saturated carbocycles. The molecule has 17 heavy (non-hydrogen) atoms. The lowest BCUT2D eigenvalue weighted by atomic mass is 9.94. The summed E-state index contributed by atoms with van der Waals surface area (Å²) < 4.78 is 0.981. The van der Waals surface area contributed by atoms with Crippen LogP contribution in [0.15, 0.2) is 22.7 Å². The van der Waals surface area contributed by atoms with Crippen molar-refractivity contribution in [2.45, 2.75) is 26.8 Å². The van der Waals surface area contributed by atoms with Crippen molar-refractivity contribution >= 4 is 27.5 Å². The zero-order valence-electron chi connectivity index (χ0n) is 10.4. The van der Waals surface area contributed by atoms with Crippen LogP contribution in [-0.2, 0) is 0 Å². The molecule has 1 aromatic carbocycles. The molecule has 0 aliphatic carbocycles. The third-order valence-electron chi connectivity index (χ3n) is 2.74. The molecular weight excluding hydrogens is 302 g/mol. The number of benzene rings is 1. The van der Waals surface area contributed by atoms with Gasteiger partial charge in [0.1, 0.15) is 0 Å². The van der Waals surface area contributed by atoms with E-state index in [1.54, 1.807) is 0 Å². The first kappa shape index (κ1) is 15.0. The topological polar surface area (TPSA) is 32.3 Å². The van der Waals surface area contributed by atoms with E-state index < -0.39 is 0 Å². The summed E-state index contributed by atoms with van der Waals surface area (Å²) in [6.07, 6.45) is 0. The standard InChI is InChI=1S/C13H19BrClNO/c1-9(16-7-13(2,3)8-17)11-5-4-10(14)6-12(11)15/h4-6,9,16-17H,7-8H2,1-3H3. The molecule has 0 fully saturated rings. The van der Waals surface area contributed by atoms with Crippen molar-refractivity contribution in [3.8, 4) is 0 Å². The van der Waals surface area contributed by atoms with Crippen LogP contribution in [0.1, 0.15) is 32.4 Å². The molecule has 4 heteroatoms. The van der Waals surface area contributed by atoms with Crippen LogP contribution in [0.5, 0.6) is 0 Å². The lowest BCUT2D eigenvalue weighted by Gasteiger charge is -2.25. The fourth-order valence-electron chi connectivity index (χ4n) is 1.45. The highest BCUT2D eigenvalue weighted by atomic mass is 79.9. The summed E-state index contributed by atoms with van der Waals surface area (Å²) in [7, 11) is 0. The molecule has 0 aromatic heterocycles. The van der Waals surface area contributed by atoms with E-state index in [1.807, 2.05) is 32.0 Å². The van der Waals surface area contributed by atoms with Crippen LogP contribution in [0.3, 0.4) is 0 Å². The van der Waals surface area contributed by atoms with Gasteiger partial charge in [-0.25, -0.2) is 0 Å². The van der Waals surface area contributed by atoms with Crippen molar-refractivity contribution < 1.29 is 5.11 Å². The summed E-state index contributed by atoms with van der Waals surface area (Å²) in [6.45, 7) is 7.03. The third-order valence-corrected chi connectivity index (χ3v) is 3.56. The van der Waals surface area contributed by atoms with Crippen molar-refractivity contribution in [1.82, 2.24) is 5.32 Å². The Bertz CT molecular complexity index is 382. The maximum absolute atomic E-state index is 9.20. The Balaban J connectivity index is 2.67. The predicted octanol–water partition coefficient (Wildman–Crippen LogP) is 3.77. The molecule has 1 atom stereocenters. The van der Waals surface area contributed by atoms with Gasteiger partial charge in [0.25, 0.3) is 0 Å². The van der Waals surface area contributed by atoms with Gasteiger partial charge < -0.3 is 10.4 Å². The van der Waals surface area contributed by atoms with Gasteiger partial charge in [-0.3, -0.25) is 0 Å². The molecule has 0 bridgehead atoms. The fourth-order valence-corrected chi connectivity index (χ4v) is 2.29. The van der Waals surface area contributed by atoms with Crippen LogP contribution >= 0.6 is 27.5 Å². The fraction of sp³-hybridized carbons (Fsp3) is 0.538. The monoisotopic (exact) mass is 319 g/mol. The van der Waals surface area contributed by atoms with Crippen molar-refractivity contribution in [3.63, 3.8) is 0 Å². The third kappa shape index (κ3) is 4.59. The summed E-state index contributed by atoms with van der Waals surface area (Å²) in [4.78, 5) is 0. The molecule has 0 heterocycles. The summed E-state index contributed by atoms with van der Waals surface area (Å²) in [5, 5.41) is 13.3. The predicted molar refractivity (Wildman–Crippen MR) is 76.4 cm³/mol. The molecule has 0 aliphatic heterocycles. The Hall–Kier alpha value is -0.0900. The Kier molecular flexibility index (Phi) is 5.45. The normalized spacial score (nSPS) is 13.8. The summed E-state index contributed by atoms with van der Waals surface area (Å²) in [5.41, 5.74) is 0.958. The highest BCUT2D eigenvalue weighted by Crippen LogP contribution is 2.26. The Morgan fingerprint density at radius 1 is 1.47 bits per heavy atom. The van der Waals surface area contributed by atoms with Gasteiger partial charge in [0.05, 0.1) is 0 Å². The van der Waals surface area contributed by atoms with Gasteiger partial charge in [-0.05, 0) is 24.6 Å². The number of aliphatic hydroxyl groups excluding tert-OH is 1. The highest BCUT2D eigenvalue weighted by Gasteiger charge is 2.18. The van der Waals surface area contributed by atoms with Crippen LogP contribution in [-0.4, -0.2) is 18.3 Å². The average molecular weight is 321 g/mol. The van der Waals surface area contributed by atoms with E-state index in [4.69, 9.17) is 11.6 Å². The molecule has 1 aromatic rings. The van der Waals surface area contributed by atoms with Crippen LogP contribution in [0.4, 0.5) is 0 Å². The average Bonchev–Trinajstić information content (AvgIpc) is 2.26. The quantitative estimate of drug-likeness (QED) is 0.865. The maximum atomic E-state index is 9.20. The number of hydrogen-bond acceptors (Lipinski definition) is 2. The van der Waals surface area contributed by atoms with E-state index in [0.29, 0.717) is 0 Å².